The van der Waals surface area contributed by atoms with E-state index >= 15 is 0 Å². The number of allylic oxidation sites excluding steroid dienone is 1. The number of aryl methyl sites for hydroxylation is 2. The minimum absolute atomic E-state index is 0.196. The molecule has 0 fully saturated rings. The van der Waals surface area contributed by atoms with Gasteiger partial charge >= 0.3 is 5.97 Å². The monoisotopic (exact) mass is 440 g/mol. The highest BCUT2D eigenvalue weighted by Gasteiger charge is 2.37. The van der Waals surface area contributed by atoms with Crippen molar-refractivity contribution < 1.29 is 14.3 Å². The zero-order valence-corrected chi connectivity index (χ0v) is 19.7. The summed E-state index contributed by atoms with van der Waals surface area (Å²) in [6.07, 6.45) is 1.81. The van der Waals surface area contributed by atoms with Crippen molar-refractivity contribution in [1.82, 2.24) is 9.47 Å². The third kappa shape index (κ3) is 4.14. The van der Waals surface area contributed by atoms with Gasteiger partial charge < -0.3 is 14.2 Å². The standard InChI is InChI=1S/C28H28N2O3/c1-18-11-13-22(14-12-18)17-29-21(4)26(28(32)33-5)25(27(29)31)16-23-15-19(2)30(20(23)3)24-9-7-6-8-10-24/h6-16H,17H2,1-5H3. The summed E-state index contributed by atoms with van der Waals surface area (Å²) in [6.45, 7) is 8.27. The van der Waals surface area contributed by atoms with Crippen LogP contribution in [0.3, 0.4) is 0 Å². The molecule has 0 unspecified atom stereocenters. The lowest BCUT2D eigenvalue weighted by Gasteiger charge is -2.18. The molecule has 3 aromatic rings. The number of benzene rings is 2. The number of amides is 1. The first kappa shape index (κ1) is 22.3. The molecular weight excluding hydrogens is 412 g/mol. The number of hydrogen-bond donors (Lipinski definition) is 0. The van der Waals surface area contributed by atoms with Crippen molar-refractivity contribution in [1.29, 1.82) is 0 Å². The van der Waals surface area contributed by atoms with Crippen molar-refractivity contribution >= 4 is 18.0 Å². The lowest BCUT2D eigenvalue weighted by atomic mass is 10.0. The fraction of sp³-hybridized carbons (Fsp3) is 0.214. The largest absolute Gasteiger partial charge is 0.465 e. The maximum Gasteiger partial charge on any atom is 0.340 e. The lowest BCUT2D eigenvalue weighted by molar-refractivity contribution is -0.136. The van der Waals surface area contributed by atoms with Gasteiger partial charge in [0.05, 0.1) is 24.8 Å². The highest BCUT2D eigenvalue weighted by atomic mass is 16.5. The number of methoxy groups -OCH3 is 1. The molecule has 0 atom stereocenters. The predicted octanol–water partition coefficient (Wildman–Crippen LogP) is 5.28. The summed E-state index contributed by atoms with van der Waals surface area (Å²) in [6, 6.07) is 20.2. The third-order valence-electron chi connectivity index (χ3n) is 6.15. The summed E-state index contributed by atoms with van der Waals surface area (Å²) >= 11 is 0. The molecule has 0 N–H and O–H groups in total. The Morgan fingerprint density at radius 1 is 0.970 bits per heavy atom. The highest BCUT2D eigenvalue weighted by molar-refractivity contribution is 6.16. The number of aromatic nitrogens is 1. The molecule has 33 heavy (non-hydrogen) atoms. The van der Waals surface area contributed by atoms with Gasteiger partial charge in [0.15, 0.2) is 0 Å². The van der Waals surface area contributed by atoms with Crippen LogP contribution in [0.1, 0.15) is 35.0 Å². The lowest BCUT2D eigenvalue weighted by Crippen LogP contribution is -2.24. The van der Waals surface area contributed by atoms with Crippen LogP contribution in [0.2, 0.25) is 0 Å². The first-order valence-electron chi connectivity index (χ1n) is 10.9. The summed E-state index contributed by atoms with van der Waals surface area (Å²) in [4.78, 5) is 27.8. The van der Waals surface area contributed by atoms with Crippen LogP contribution in [0.4, 0.5) is 0 Å². The van der Waals surface area contributed by atoms with Gasteiger partial charge in [0.2, 0.25) is 0 Å². The van der Waals surface area contributed by atoms with Crippen molar-refractivity contribution in [2.45, 2.75) is 34.2 Å². The Balaban J connectivity index is 1.77. The Bertz CT molecular complexity index is 1280. The molecular formula is C28H28N2O3. The van der Waals surface area contributed by atoms with Gasteiger partial charge in [-0.15, -0.1) is 0 Å². The van der Waals surface area contributed by atoms with Crippen molar-refractivity contribution in [3.63, 3.8) is 0 Å². The van der Waals surface area contributed by atoms with E-state index < -0.39 is 5.97 Å². The molecule has 4 rings (SSSR count). The smallest absolute Gasteiger partial charge is 0.340 e. The minimum atomic E-state index is -0.504. The quantitative estimate of drug-likeness (QED) is 0.401. The molecule has 168 valence electrons. The number of hydrogen-bond acceptors (Lipinski definition) is 3. The van der Waals surface area contributed by atoms with E-state index in [1.54, 1.807) is 11.8 Å². The van der Waals surface area contributed by atoms with Crippen molar-refractivity contribution in [2.24, 2.45) is 0 Å². The van der Waals surface area contributed by atoms with E-state index in [1.807, 2.05) is 87.5 Å². The van der Waals surface area contributed by atoms with Crippen LogP contribution in [-0.4, -0.2) is 28.5 Å². The van der Waals surface area contributed by atoms with Crippen LogP contribution in [0.25, 0.3) is 11.8 Å². The van der Waals surface area contributed by atoms with Crippen LogP contribution in [0, 0.1) is 20.8 Å². The molecule has 0 saturated heterocycles. The van der Waals surface area contributed by atoms with Crippen molar-refractivity contribution in [3.8, 4) is 5.69 Å². The second kappa shape index (κ2) is 8.94. The molecule has 0 aliphatic carbocycles. The van der Waals surface area contributed by atoms with Crippen LogP contribution >= 0.6 is 0 Å². The topological polar surface area (TPSA) is 51.5 Å². The Labute approximate surface area is 194 Å². The van der Waals surface area contributed by atoms with Gasteiger partial charge in [0.25, 0.3) is 5.91 Å². The third-order valence-corrected chi connectivity index (χ3v) is 6.15. The number of esters is 1. The molecule has 0 saturated carbocycles. The molecule has 2 heterocycles. The number of nitrogens with zero attached hydrogens (tertiary/aromatic N) is 2. The van der Waals surface area contributed by atoms with Crippen LogP contribution < -0.4 is 0 Å². The van der Waals surface area contributed by atoms with Crippen molar-refractivity contribution in [2.75, 3.05) is 7.11 Å². The molecule has 1 aromatic heterocycles. The fourth-order valence-corrected chi connectivity index (χ4v) is 4.36. The number of carbonyl (C=O) groups is 2. The molecule has 5 heteroatoms. The van der Waals surface area contributed by atoms with Gasteiger partial charge in [-0.25, -0.2) is 4.79 Å². The van der Waals surface area contributed by atoms with Gasteiger partial charge in [-0.1, -0.05) is 48.0 Å². The molecule has 1 aliphatic heterocycles. The summed E-state index contributed by atoms with van der Waals surface area (Å²) in [7, 11) is 1.34. The predicted molar refractivity (Wildman–Crippen MR) is 130 cm³/mol. The maximum atomic E-state index is 13.5. The normalized spacial score (nSPS) is 15.0. The second-order valence-electron chi connectivity index (χ2n) is 8.38. The highest BCUT2D eigenvalue weighted by Crippen LogP contribution is 2.34. The van der Waals surface area contributed by atoms with Crippen molar-refractivity contribution in [3.05, 3.63) is 106 Å². The molecule has 0 bridgehead atoms. The van der Waals surface area contributed by atoms with Gasteiger partial charge in [-0.05, 0) is 63.1 Å². The van der Waals surface area contributed by atoms with Gasteiger partial charge in [0, 0.05) is 22.8 Å². The first-order valence-corrected chi connectivity index (χ1v) is 10.9. The fourth-order valence-electron chi connectivity index (χ4n) is 4.36. The van der Waals surface area contributed by atoms with Crippen LogP contribution in [0.15, 0.2) is 77.5 Å². The summed E-state index contributed by atoms with van der Waals surface area (Å²) in [5, 5.41) is 0. The van der Waals surface area contributed by atoms with E-state index in [4.69, 9.17) is 4.74 Å². The number of rotatable bonds is 5. The van der Waals surface area contributed by atoms with Gasteiger partial charge in [0.1, 0.15) is 0 Å². The molecule has 1 amide bonds. The zero-order chi connectivity index (χ0) is 23.7. The second-order valence-corrected chi connectivity index (χ2v) is 8.38. The van der Waals surface area contributed by atoms with E-state index in [2.05, 4.69) is 4.57 Å². The first-order chi connectivity index (χ1) is 15.8. The molecule has 5 nitrogen and oxygen atoms in total. The van der Waals surface area contributed by atoms with Crippen LogP contribution in [0.5, 0.6) is 0 Å². The Morgan fingerprint density at radius 3 is 2.27 bits per heavy atom. The molecule has 0 radical (unpaired) electrons. The maximum absolute atomic E-state index is 13.5. The number of para-hydroxylation sites is 1. The van der Waals surface area contributed by atoms with E-state index in [-0.39, 0.29) is 5.91 Å². The summed E-state index contributed by atoms with van der Waals surface area (Å²) < 4.78 is 7.19. The van der Waals surface area contributed by atoms with Gasteiger partial charge in [-0.3, -0.25) is 4.79 Å². The SMILES string of the molecule is COC(=O)C1=C(C)N(Cc2ccc(C)cc2)C(=O)C1=Cc1cc(C)n(-c2ccccc2)c1C. The Kier molecular flexibility index (Phi) is 6.05. The molecule has 1 aliphatic rings. The number of ether oxygens (including phenoxy) is 1. The van der Waals surface area contributed by atoms with Crippen LogP contribution in [-0.2, 0) is 20.9 Å². The molecule has 0 spiro atoms. The number of carbonyl (C=O) groups excluding carboxylic acids is 2. The summed E-state index contributed by atoms with van der Waals surface area (Å²) in [5.74, 6) is -0.701. The Hall–Kier alpha value is -3.86. The van der Waals surface area contributed by atoms with Gasteiger partial charge in [-0.2, -0.15) is 0 Å². The van der Waals surface area contributed by atoms with E-state index in [1.165, 1.54) is 7.11 Å². The average molecular weight is 441 g/mol. The van der Waals surface area contributed by atoms with E-state index in [0.29, 0.717) is 23.4 Å². The Morgan fingerprint density at radius 2 is 1.64 bits per heavy atom. The minimum Gasteiger partial charge on any atom is -0.465 e. The molecule has 2 aromatic carbocycles. The average Bonchev–Trinajstić information content (AvgIpc) is 3.22. The van der Waals surface area contributed by atoms with E-state index in [9.17, 15) is 9.59 Å². The summed E-state index contributed by atoms with van der Waals surface area (Å²) in [5.41, 5.74) is 7.44. The zero-order valence-electron chi connectivity index (χ0n) is 19.7. The van der Waals surface area contributed by atoms with E-state index in [0.717, 1.165) is 33.8 Å².